The first-order chi connectivity index (χ1) is 8.08. The molecule has 0 radical (unpaired) electrons. The van der Waals surface area contributed by atoms with Crippen LogP contribution in [0.2, 0.25) is 5.28 Å². The molecule has 92 valence electrons. The van der Waals surface area contributed by atoms with Gasteiger partial charge in [0.05, 0.1) is 11.0 Å². The molecule has 2 unspecified atom stereocenters. The van der Waals surface area contributed by atoms with Gasteiger partial charge in [-0.25, -0.2) is 4.98 Å². The highest BCUT2D eigenvalue weighted by Gasteiger charge is 2.42. The van der Waals surface area contributed by atoms with Crippen LogP contribution in [0.15, 0.2) is 6.20 Å². The minimum absolute atomic E-state index is 0.104. The minimum Gasteiger partial charge on any atom is -0.378 e. The molecule has 1 saturated heterocycles. The van der Waals surface area contributed by atoms with E-state index < -0.39 is 4.92 Å². The molecule has 0 bridgehead atoms. The number of rotatable bonds is 1. The molecule has 2 fully saturated rings. The predicted octanol–water partition coefficient (Wildman–Crippen LogP) is 1.42. The van der Waals surface area contributed by atoms with Crippen LogP contribution in [0.25, 0.3) is 0 Å². The molecule has 7 nitrogen and oxygen atoms in total. The van der Waals surface area contributed by atoms with Crippen LogP contribution in [0.3, 0.4) is 0 Å². The monoisotopic (exact) mass is 258 g/mol. The van der Waals surface area contributed by atoms with Crippen LogP contribution in [-0.4, -0.2) is 27.6 Å². The lowest BCUT2D eigenvalue weighted by Crippen LogP contribution is -1.99. The first-order valence-corrected chi connectivity index (χ1v) is 5.49. The second-order valence-corrected chi connectivity index (χ2v) is 4.20. The van der Waals surface area contributed by atoms with E-state index in [4.69, 9.17) is 22.1 Å². The van der Waals surface area contributed by atoms with Gasteiger partial charge in [-0.05, 0) is 30.4 Å². The molecule has 1 aliphatic carbocycles. The van der Waals surface area contributed by atoms with Crippen molar-refractivity contribution in [1.29, 1.82) is 0 Å². The van der Waals surface area contributed by atoms with Crippen molar-refractivity contribution in [3.63, 3.8) is 0 Å². The molecule has 1 aromatic rings. The molecule has 2 N–H and O–H groups in total. The SMILES string of the molecule is C1CC2CC2O1.Nc1nc(Cl)ncc1[N+](=O)[O-]. The summed E-state index contributed by atoms with van der Waals surface area (Å²) in [7, 11) is 0. The summed E-state index contributed by atoms with van der Waals surface area (Å²) in [6, 6.07) is 0. The zero-order valence-electron chi connectivity index (χ0n) is 8.88. The summed E-state index contributed by atoms with van der Waals surface area (Å²) in [6.07, 6.45) is 4.38. The van der Waals surface area contributed by atoms with Crippen molar-refractivity contribution >= 4 is 23.1 Å². The van der Waals surface area contributed by atoms with Crippen LogP contribution in [0, 0.1) is 16.0 Å². The number of aromatic nitrogens is 2. The fraction of sp³-hybridized carbons (Fsp3) is 0.556. The molecular weight excluding hydrogens is 248 g/mol. The summed E-state index contributed by atoms with van der Waals surface area (Å²) >= 11 is 5.30. The van der Waals surface area contributed by atoms with Crippen molar-refractivity contribution < 1.29 is 9.66 Å². The molecule has 0 amide bonds. The van der Waals surface area contributed by atoms with Crippen LogP contribution in [0.5, 0.6) is 0 Å². The molecule has 0 aromatic carbocycles. The largest absolute Gasteiger partial charge is 0.378 e. The number of nitrogens with two attached hydrogens (primary N) is 1. The lowest BCUT2D eigenvalue weighted by atomic mass is 10.3. The molecule has 1 aromatic heterocycles. The van der Waals surface area contributed by atoms with Crippen LogP contribution in [0.4, 0.5) is 11.5 Å². The van der Waals surface area contributed by atoms with Crippen LogP contribution in [-0.2, 0) is 4.74 Å². The normalized spacial score (nSPS) is 24.5. The second-order valence-electron chi connectivity index (χ2n) is 3.86. The van der Waals surface area contributed by atoms with Gasteiger partial charge >= 0.3 is 5.69 Å². The van der Waals surface area contributed by atoms with Crippen molar-refractivity contribution in [3.8, 4) is 0 Å². The van der Waals surface area contributed by atoms with E-state index in [9.17, 15) is 10.1 Å². The number of hydrogen-bond donors (Lipinski definition) is 1. The van der Waals surface area contributed by atoms with Gasteiger partial charge in [0.1, 0.15) is 6.20 Å². The average molecular weight is 259 g/mol. The van der Waals surface area contributed by atoms with Crippen molar-refractivity contribution in [2.75, 3.05) is 12.3 Å². The highest BCUT2D eigenvalue weighted by Crippen LogP contribution is 2.41. The molecule has 2 atom stereocenters. The molecular formula is C9H11ClN4O3. The lowest BCUT2D eigenvalue weighted by molar-refractivity contribution is -0.384. The topological polar surface area (TPSA) is 104 Å². The van der Waals surface area contributed by atoms with Crippen molar-refractivity contribution in [1.82, 2.24) is 9.97 Å². The third kappa shape index (κ3) is 3.01. The Bertz CT molecular complexity index is 434. The number of nitrogens with zero attached hydrogens (tertiary/aromatic N) is 3. The smallest absolute Gasteiger partial charge is 0.329 e. The first kappa shape index (κ1) is 12.0. The Kier molecular flexibility index (Phi) is 3.39. The van der Waals surface area contributed by atoms with Crippen molar-refractivity contribution in [3.05, 3.63) is 21.6 Å². The number of nitrogen functional groups attached to an aromatic ring is 1. The summed E-state index contributed by atoms with van der Waals surface area (Å²) in [4.78, 5) is 16.2. The Balaban J connectivity index is 0.000000148. The van der Waals surface area contributed by atoms with E-state index in [1.165, 1.54) is 12.8 Å². The third-order valence-electron chi connectivity index (χ3n) is 2.64. The summed E-state index contributed by atoms with van der Waals surface area (Å²) in [5.41, 5.74) is 4.81. The van der Waals surface area contributed by atoms with Crippen LogP contribution in [0.1, 0.15) is 12.8 Å². The Morgan fingerprint density at radius 3 is 2.76 bits per heavy atom. The maximum absolute atomic E-state index is 10.1. The van der Waals surface area contributed by atoms with Gasteiger partial charge in [0.25, 0.3) is 0 Å². The van der Waals surface area contributed by atoms with E-state index in [1.54, 1.807) is 0 Å². The van der Waals surface area contributed by atoms with Gasteiger partial charge in [0, 0.05) is 6.61 Å². The average Bonchev–Trinajstić information content (AvgIpc) is 2.86. The van der Waals surface area contributed by atoms with Gasteiger partial charge in [0.15, 0.2) is 0 Å². The lowest BCUT2D eigenvalue weighted by Gasteiger charge is -1.93. The van der Waals surface area contributed by atoms with E-state index in [2.05, 4.69) is 9.97 Å². The molecule has 1 aliphatic heterocycles. The van der Waals surface area contributed by atoms with Crippen molar-refractivity contribution in [2.45, 2.75) is 18.9 Å². The molecule has 2 aliphatic rings. The molecule has 8 heteroatoms. The van der Waals surface area contributed by atoms with Crippen LogP contribution >= 0.6 is 11.6 Å². The molecule has 0 spiro atoms. The number of anilines is 1. The van der Waals surface area contributed by atoms with E-state index in [0.29, 0.717) is 6.10 Å². The maximum atomic E-state index is 10.1. The Morgan fingerprint density at radius 1 is 1.65 bits per heavy atom. The maximum Gasteiger partial charge on any atom is 0.329 e. The number of fused-ring (bicyclic) bond motifs is 1. The molecule has 1 saturated carbocycles. The predicted molar refractivity (Wildman–Crippen MR) is 60.6 cm³/mol. The summed E-state index contributed by atoms with van der Waals surface area (Å²) < 4.78 is 5.23. The zero-order valence-corrected chi connectivity index (χ0v) is 9.63. The molecule has 3 rings (SSSR count). The summed E-state index contributed by atoms with van der Waals surface area (Å²) in [6.45, 7) is 1.04. The van der Waals surface area contributed by atoms with Gasteiger partial charge in [-0.15, -0.1) is 0 Å². The number of nitro groups is 1. The van der Waals surface area contributed by atoms with E-state index in [0.717, 1.165) is 18.7 Å². The first-order valence-electron chi connectivity index (χ1n) is 5.12. The Hall–Kier alpha value is -1.47. The van der Waals surface area contributed by atoms with Gasteiger partial charge in [0.2, 0.25) is 11.1 Å². The summed E-state index contributed by atoms with van der Waals surface area (Å²) in [5, 5.41) is 10.0. The third-order valence-corrected chi connectivity index (χ3v) is 2.83. The Labute approximate surface area is 102 Å². The van der Waals surface area contributed by atoms with Gasteiger partial charge < -0.3 is 10.5 Å². The van der Waals surface area contributed by atoms with E-state index in [-0.39, 0.29) is 16.8 Å². The van der Waals surface area contributed by atoms with Gasteiger partial charge in [-0.1, -0.05) is 0 Å². The van der Waals surface area contributed by atoms with Crippen LogP contribution < -0.4 is 5.73 Å². The fourth-order valence-electron chi connectivity index (χ4n) is 1.61. The van der Waals surface area contributed by atoms with Crippen molar-refractivity contribution in [2.24, 2.45) is 5.92 Å². The number of ether oxygens (including phenoxy) is 1. The van der Waals surface area contributed by atoms with E-state index in [1.807, 2.05) is 0 Å². The highest BCUT2D eigenvalue weighted by atomic mass is 35.5. The molecule has 17 heavy (non-hydrogen) atoms. The standard InChI is InChI=1S/C5H8O.C4H3ClN4O2/c1-2-6-5-3-4(1)5;5-4-7-1-2(9(10)11)3(6)8-4/h4-5H,1-3H2;1H,(H2,6,7,8). The highest BCUT2D eigenvalue weighted by molar-refractivity contribution is 6.28. The number of halogens is 1. The van der Waals surface area contributed by atoms with Gasteiger partial charge in [-0.3, -0.25) is 10.1 Å². The zero-order chi connectivity index (χ0) is 12.4. The van der Waals surface area contributed by atoms with Gasteiger partial charge in [-0.2, -0.15) is 4.98 Å². The molecule has 2 heterocycles. The quantitative estimate of drug-likeness (QED) is 0.464. The summed E-state index contributed by atoms with van der Waals surface area (Å²) in [5.74, 6) is 0.764. The minimum atomic E-state index is -0.675. The van der Waals surface area contributed by atoms with E-state index >= 15 is 0 Å². The fourth-order valence-corrected chi connectivity index (χ4v) is 1.75. The second kappa shape index (κ2) is 4.80. The number of hydrogen-bond acceptors (Lipinski definition) is 6. The Morgan fingerprint density at radius 2 is 2.41 bits per heavy atom.